The van der Waals surface area contributed by atoms with Gasteiger partial charge >= 0.3 is 0 Å². The van der Waals surface area contributed by atoms with Gasteiger partial charge in [0.1, 0.15) is 0 Å². The highest BCUT2D eigenvalue weighted by atomic mass is 32.2. The van der Waals surface area contributed by atoms with Gasteiger partial charge in [-0.2, -0.15) is 0 Å². The van der Waals surface area contributed by atoms with E-state index >= 15 is 0 Å². The van der Waals surface area contributed by atoms with Gasteiger partial charge in [-0.25, -0.2) is 4.98 Å². The van der Waals surface area contributed by atoms with Gasteiger partial charge in [-0.3, -0.25) is 9.69 Å². The number of benzene rings is 3. The average molecular weight is 447 g/mol. The number of fused-ring (bicyclic) bond motifs is 1. The Morgan fingerprint density at radius 1 is 0.968 bits per heavy atom. The van der Waals surface area contributed by atoms with Gasteiger partial charge in [-0.15, -0.1) is 11.8 Å². The van der Waals surface area contributed by atoms with Crippen molar-refractivity contribution in [1.29, 1.82) is 0 Å². The Bertz CT molecular complexity index is 1130. The Kier molecular flexibility index (Phi) is 7.39. The minimum absolute atomic E-state index is 0.134. The zero-order valence-corrected chi connectivity index (χ0v) is 19.3. The molecule has 0 N–H and O–H groups in total. The molecule has 0 radical (unpaired) electrons. The van der Waals surface area contributed by atoms with E-state index in [1.165, 1.54) is 10.5 Å². The van der Waals surface area contributed by atoms with Crippen LogP contribution in [0.5, 0.6) is 0 Å². The molecule has 0 fully saturated rings. The first-order valence-electron chi connectivity index (χ1n) is 10.6. The van der Waals surface area contributed by atoms with E-state index in [-0.39, 0.29) is 5.91 Å². The molecule has 0 saturated carbocycles. The Balaban J connectivity index is 1.50. The second-order valence-electron chi connectivity index (χ2n) is 7.34. The van der Waals surface area contributed by atoms with Crippen molar-refractivity contribution in [3.8, 4) is 0 Å². The zero-order chi connectivity index (χ0) is 21.5. The number of hydrogen-bond donors (Lipinski definition) is 0. The fraction of sp³-hybridized carbons (Fsp3) is 0.231. The van der Waals surface area contributed by atoms with Crippen LogP contribution in [0.3, 0.4) is 0 Å². The topological polar surface area (TPSA) is 33.2 Å². The van der Waals surface area contributed by atoms with Crippen LogP contribution in [-0.4, -0.2) is 16.6 Å². The quantitative estimate of drug-likeness (QED) is 0.206. The van der Waals surface area contributed by atoms with Gasteiger partial charge in [0.2, 0.25) is 5.91 Å². The van der Waals surface area contributed by atoms with Crippen molar-refractivity contribution < 1.29 is 4.79 Å². The lowest BCUT2D eigenvalue weighted by molar-refractivity contribution is -0.118. The minimum atomic E-state index is 0.134. The predicted molar refractivity (Wildman–Crippen MR) is 133 cm³/mol. The summed E-state index contributed by atoms with van der Waals surface area (Å²) in [5.41, 5.74) is 3.37. The number of thiazole rings is 1. The van der Waals surface area contributed by atoms with E-state index in [9.17, 15) is 4.79 Å². The van der Waals surface area contributed by atoms with Crippen LogP contribution in [0.4, 0.5) is 5.13 Å². The molecule has 4 aromatic rings. The first kappa shape index (κ1) is 21.6. The number of amides is 1. The molecule has 0 spiro atoms. The molecule has 3 aromatic carbocycles. The van der Waals surface area contributed by atoms with Crippen molar-refractivity contribution in [3.05, 3.63) is 90.0 Å². The van der Waals surface area contributed by atoms with E-state index in [0.29, 0.717) is 13.0 Å². The molecular formula is C26H26N2OS2. The van der Waals surface area contributed by atoms with E-state index < -0.39 is 0 Å². The molecule has 0 aliphatic carbocycles. The van der Waals surface area contributed by atoms with Crippen LogP contribution in [0, 0.1) is 0 Å². The Hall–Kier alpha value is -2.63. The van der Waals surface area contributed by atoms with Gasteiger partial charge in [0.25, 0.3) is 0 Å². The smallest absolute Gasteiger partial charge is 0.229 e. The lowest BCUT2D eigenvalue weighted by Crippen LogP contribution is -2.30. The molecule has 4 rings (SSSR count). The number of nitrogens with zero attached hydrogens (tertiary/aromatic N) is 2. The molecule has 5 heteroatoms. The van der Waals surface area contributed by atoms with Gasteiger partial charge in [0.15, 0.2) is 5.13 Å². The molecule has 1 aromatic heterocycles. The van der Waals surface area contributed by atoms with Gasteiger partial charge in [-0.05, 0) is 47.9 Å². The van der Waals surface area contributed by atoms with Crippen LogP contribution in [0.1, 0.15) is 30.9 Å². The Morgan fingerprint density at radius 2 is 1.71 bits per heavy atom. The monoisotopic (exact) mass is 446 g/mol. The summed E-state index contributed by atoms with van der Waals surface area (Å²) in [5.74, 6) is 1.06. The maximum absolute atomic E-state index is 13.3. The minimum Gasteiger partial charge on any atom is -0.284 e. The summed E-state index contributed by atoms with van der Waals surface area (Å²) in [6.45, 7) is 2.69. The van der Waals surface area contributed by atoms with E-state index in [2.05, 4.69) is 49.4 Å². The second-order valence-corrected chi connectivity index (χ2v) is 9.52. The number of carbonyl (C=O) groups excluding carboxylic acids is 1. The van der Waals surface area contributed by atoms with E-state index in [1.807, 2.05) is 41.3 Å². The number of carbonyl (C=O) groups is 1. The summed E-state index contributed by atoms with van der Waals surface area (Å²) >= 11 is 3.41. The number of anilines is 1. The predicted octanol–water partition coefficient (Wildman–Crippen LogP) is 6.96. The third kappa shape index (κ3) is 5.54. The van der Waals surface area contributed by atoms with Gasteiger partial charge in [0, 0.05) is 11.3 Å². The molecule has 0 saturated heterocycles. The van der Waals surface area contributed by atoms with Gasteiger partial charge < -0.3 is 0 Å². The summed E-state index contributed by atoms with van der Waals surface area (Å²) in [6.07, 6.45) is 2.29. The zero-order valence-electron chi connectivity index (χ0n) is 17.7. The molecular weight excluding hydrogens is 420 g/mol. The van der Waals surface area contributed by atoms with Crippen LogP contribution in [0.2, 0.25) is 0 Å². The second kappa shape index (κ2) is 10.6. The van der Waals surface area contributed by atoms with Crippen molar-refractivity contribution in [1.82, 2.24) is 4.98 Å². The number of aryl methyl sites for hydroxylation is 1. The molecule has 0 aliphatic heterocycles. The highest BCUT2D eigenvalue weighted by Crippen LogP contribution is 2.32. The molecule has 158 valence electrons. The molecule has 31 heavy (non-hydrogen) atoms. The third-order valence-electron chi connectivity index (χ3n) is 5.13. The van der Waals surface area contributed by atoms with Crippen LogP contribution >= 0.6 is 23.1 Å². The third-order valence-corrected chi connectivity index (χ3v) is 7.28. The maximum atomic E-state index is 13.3. The lowest BCUT2D eigenvalue weighted by Gasteiger charge is -2.20. The van der Waals surface area contributed by atoms with Gasteiger partial charge in [0.05, 0.1) is 16.8 Å². The summed E-state index contributed by atoms with van der Waals surface area (Å²) in [7, 11) is 0. The fourth-order valence-corrected chi connectivity index (χ4v) is 5.39. The standard InChI is InChI=1S/C26H26N2OS2/c1-2-21-13-9-16-23-25(21)27-26(31-23)28(19-20-11-5-3-6-12-20)24(29)17-10-18-30-22-14-7-4-8-15-22/h3-9,11-16H,2,10,17-19H2,1H3. The number of thioether (sulfide) groups is 1. The largest absolute Gasteiger partial charge is 0.284 e. The van der Waals surface area contributed by atoms with Crippen molar-refractivity contribution in [3.63, 3.8) is 0 Å². The molecule has 1 heterocycles. The highest BCUT2D eigenvalue weighted by molar-refractivity contribution is 7.99. The van der Waals surface area contributed by atoms with E-state index in [4.69, 9.17) is 4.98 Å². The summed E-state index contributed by atoms with van der Waals surface area (Å²) in [6, 6.07) is 26.8. The van der Waals surface area contributed by atoms with E-state index in [1.54, 1.807) is 23.1 Å². The van der Waals surface area contributed by atoms with Crippen molar-refractivity contribution in [2.24, 2.45) is 0 Å². The van der Waals surface area contributed by atoms with Crippen LogP contribution < -0.4 is 4.90 Å². The number of hydrogen-bond acceptors (Lipinski definition) is 4. The van der Waals surface area contributed by atoms with Crippen molar-refractivity contribution in [2.75, 3.05) is 10.7 Å². The fourth-order valence-electron chi connectivity index (χ4n) is 3.49. The molecule has 3 nitrogen and oxygen atoms in total. The SMILES string of the molecule is CCc1cccc2sc(N(Cc3ccccc3)C(=O)CCCSc3ccccc3)nc12. The first-order chi connectivity index (χ1) is 15.2. The highest BCUT2D eigenvalue weighted by Gasteiger charge is 2.20. The molecule has 0 bridgehead atoms. The van der Waals surface area contributed by atoms with Crippen molar-refractivity contribution in [2.45, 2.75) is 37.6 Å². The first-order valence-corrected chi connectivity index (χ1v) is 12.5. The van der Waals surface area contributed by atoms with Crippen LogP contribution in [0.25, 0.3) is 10.2 Å². The summed E-state index contributed by atoms with van der Waals surface area (Å²) < 4.78 is 1.14. The lowest BCUT2D eigenvalue weighted by atomic mass is 10.1. The molecule has 0 atom stereocenters. The van der Waals surface area contributed by atoms with Crippen molar-refractivity contribution >= 4 is 44.4 Å². The Morgan fingerprint density at radius 3 is 2.45 bits per heavy atom. The normalized spacial score (nSPS) is 11.0. The number of rotatable bonds is 9. The van der Waals surface area contributed by atoms with E-state index in [0.717, 1.165) is 39.5 Å². The summed E-state index contributed by atoms with van der Waals surface area (Å²) in [5, 5.41) is 0.792. The maximum Gasteiger partial charge on any atom is 0.229 e. The number of aromatic nitrogens is 1. The van der Waals surface area contributed by atoms with Gasteiger partial charge in [-0.1, -0.05) is 78.9 Å². The average Bonchev–Trinajstić information content (AvgIpc) is 3.25. The molecule has 0 unspecified atom stereocenters. The summed E-state index contributed by atoms with van der Waals surface area (Å²) in [4.78, 5) is 21.3. The van der Waals surface area contributed by atoms with Crippen LogP contribution in [-0.2, 0) is 17.8 Å². The molecule has 1 amide bonds. The Labute approximate surface area is 192 Å². The molecule has 0 aliphatic rings. The number of para-hydroxylation sites is 1. The van der Waals surface area contributed by atoms with Crippen LogP contribution in [0.15, 0.2) is 83.8 Å².